The van der Waals surface area contributed by atoms with E-state index in [1.54, 1.807) is 30.6 Å². The maximum atomic E-state index is 12.4. The van der Waals surface area contributed by atoms with Crippen molar-refractivity contribution < 1.29 is 14.7 Å². The summed E-state index contributed by atoms with van der Waals surface area (Å²) in [4.78, 5) is 35.9. The first-order chi connectivity index (χ1) is 15.9. The number of carbonyl (C=O) groups is 2. The van der Waals surface area contributed by atoms with Crippen LogP contribution in [0.3, 0.4) is 0 Å². The van der Waals surface area contributed by atoms with Gasteiger partial charge in [-0.05, 0) is 30.3 Å². The Kier molecular flexibility index (Phi) is 6.29. The van der Waals surface area contributed by atoms with Crippen LogP contribution in [-0.2, 0) is 9.59 Å². The molecule has 9 heteroatoms. The van der Waals surface area contributed by atoms with Crippen LogP contribution in [-0.4, -0.2) is 58.0 Å². The highest BCUT2D eigenvalue weighted by atomic mass is 16.4. The number of carboxylic acids is 1. The van der Waals surface area contributed by atoms with E-state index in [1.807, 2.05) is 35.8 Å². The number of carbonyl (C=O) groups excluding carboxylic acids is 1. The first-order valence-corrected chi connectivity index (χ1v) is 10.9. The molecule has 1 saturated heterocycles. The van der Waals surface area contributed by atoms with Crippen molar-refractivity contribution in [3.63, 3.8) is 0 Å². The van der Waals surface area contributed by atoms with Gasteiger partial charge in [-0.3, -0.25) is 14.5 Å². The highest BCUT2D eigenvalue weighted by molar-refractivity contribution is 5.96. The third-order valence-corrected chi connectivity index (χ3v) is 5.92. The second-order valence-electron chi connectivity index (χ2n) is 8.40. The van der Waals surface area contributed by atoms with Gasteiger partial charge in [0.1, 0.15) is 17.9 Å². The fraction of sp³-hybridized carbons (Fsp3) is 0.333. The van der Waals surface area contributed by atoms with E-state index in [0.29, 0.717) is 48.8 Å². The maximum Gasteiger partial charge on any atom is 0.325 e. The first kappa shape index (κ1) is 22.3. The largest absolute Gasteiger partial charge is 0.480 e. The van der Waals surface area contributed by atoms with Gasteiger partial charge in [-0.2, -0.15) is 5.26 Å². The van der Waals surface area contributed by atoms with E-state index in [0.717, 1.165) is 10.9 Å². The smallest absolute Gasteiger partial charge is 0.325 e. The van der Waals surface area contributed by atoms with Crippen molar-refractivity contribution in [2.24, 2.45) is 5.92 Å². The quantitative estimate of drug-likeness (QED) is 0.531. The fourth-order valence-electron chi connectivity index (χ4n) is 4.15. The number of amides is 1. The number of rotatable bonds is 6. The summed E-state index contributed by atoms with van der Waals surface area (Å²) in [5.41, 5.74) is 2.61. The lowest BCUT2D eigenvalue weighted by Gasteiger charge is -2.38. The molecule has 0 spiro atoms. The molecule has 170 valence electrons. The Morgan fingerprint density at radius 3 is 2.64 bits per heavy atom. The number of aliphatic carboxylic acids is 1. The molecule has 1 atom stereocenters. The van der Waals surface area contributed by atoms with Gasteiger partial charge in [-0.25, -0.2) is 4.98 Å². The third kappa shape index (κ3) is 4.52. The minimum absolute atomic E-state index is 0.0939. The second-order valence-corrected chi connectivity index (χ2v) is 8.40. The average molecular weight is 447 g/mol. The SMILES string of the molecule is CC(C)C(=O)Nc1ccc2[nH]cc([C@H](C(=O)O)N3CCN(c4ncccc4C#N)CC3)c2c1. The van der Waals surface area contributed by atoms with Crippen molar-refractivity contribution >= 4 is 34.3 Å². The molecule has 9 nitrogen and oxygen atoms in total. The van der Waals surface area contributed by atoms with Crippen molar-refractivity contribution in [1.82, 2.24) is 14.9 Å². The van der Waals surface area contributed by atoms with Crippen molar-refractivity contribution in [2.45, 2.75) is 19.9 Å². The topological polar surface area (TPSA) is 125 Å². The van der Waals surface area contributed by atoms with Gasteiger partial charge in [0.25, 0.3) is 0 Å². The standard InChI is InChI=1S/C24H26N6O3/c1-15(2)23(31)28-17-5-6-20-18(12-17)19(14-27-20)21(24(32)33)29-8-10-30(11-9-29)22-16(13-25)4-3-7-26-22/h3-7,12,14-15,21,27H,8-11H2,1-2H3,(H,28,31)(H,32,33)/t21-/m1/s1. The first-order valence-electron chi connectivity index (χ1n) is 10.9. The average Bonchev–Trinajstić information content (AvgIpc) is 3.22. The summed E-state index contributed by atoms with van der Waals surface area (Å²) in [5, 5.41) is 23.1. The molecule has 0 aliphatic carbocycles. The lowest BCUT2D eigenvalue weighted by molar-refractivity contribution is -0.143. The summed E-state index contributed by atoms with van der Waals surface area (Å²) in [6.07, 6.45) is 3.39. The van der Waals surface area contributed by atoms with Crippen LogP contribution in [0.5, 0.6) is 0 Å². The maximum absolute atomic E-state index is 12.4. The van der Waals surface area contributed by atoms with Gasteiger partial charge in [0, 0.05) is 66.6 Å². The van der Waals surface area contributed by atoms with Gasteiger partial charge >= 0.3 is 5.97 Å². The van der Waals surface area contributed by atoms with Gasteiger partial charge in [-0.1, -0.05) is 13.8 Å². The molecule has 1 aromatic carbocycles. The van der Waals surface area contributed by atoms with E-state index in [1.165, 1.54) is 0 Å². The van der Waals surface area contributed by atoms with Gasteiger partial charge < -0.3 is 20.3 Å². The van der Waals surface area contributed by atoms with Crippen LogP contribution in [0.4, 0.5) is 11.5 Å². The molecule has 1 fully saturated rings. The molecule has 1 amide bonds. The molecule has 3 heterocycles. The Morgan fingerprint density at radius 1 is 1.21 bits per heavy atom. The molecule has 0 radical (unpaired) electrons. The second kappa shape index (κ2) is 9.30. The van der Waals surface area contributed by atoms with Crippen molar-refractivity contribution in [1.29, 1.82) is 5.26 Å². The summed E-state index contributed by atoms with van der Waals surface area (Å²) >= 11 is 0. The molecule has 33 heavy (non-hydrogen) atoms. The van der Waals surface area contributed by atoms with E-state index in [9.17, 15) is 20.0 Å². The Labute approximate surface area is 191 Å². The van der Waals surface area contributed by atoms with Crippen LogP contribution in [0.15, 0.2) is 42.7 Å². The number of nitriles is 1. The number of benzene rings is 1. The molecule has 3 aromatic rings. The number of hydrogen-bond donors (Lipinski definition) is 3. The molecule has 1 aliphatic rings. The molecule has 3 N–H and O–H groups in total. The minimum Gasteiger partial charge on any atom is -0.480 e. The van der Waals surface area contributed by atoms with E-state index in [2.05, 4.69) is 21.4 Å². The number of aromatic amines is 1. The number of anilines is 2. The van der Waals surface area contributed by atoms with Crippen LogP contribution >= 0.6 is 0 Å². The highest BCUT2D eigenvalue weighted by Crippen LogP contribution is 2.32. The molecule has 1 aliphatic heterocycles. The zero-order chi connectivity index (χ0) is 23.5. The Hall–Kier alpha value is -3.90. The van der Waals surface area contributed by atoms with Crippen LogP contribution in [0.25, 0.3) is 10.9 Å². The molecule has 2 aromatic heterocycles. The molecule has 0 saturated carbocycles. The van der Waals surface area contributed by atoms with Gasteiger partial charge in [0.2, 0.25) is 5.91 Å². The van der Waals surface area contributed by atoms with Crippen molar-refractivity contribution in [2.75, 3.05) is 36.4 Å². The molecule has 4 rings (SSSR count). The Morgan fingerprint density at radius 2 is 1.97 bits per heavy atom. The normalized spacial score (nSPS) is 15.4. The fourth-order valence-corrected chi connectivity index (χ4v) is 4.15. The number of carboxylic acid groups (broad SMARTS) is 1. The molecule has 0 bridgehead atoms. The molecular weight excluding hydrogens is 420 g/mol. The minimum atomic E-state index is -0.934. The lowest BCUT2D eigenvalue weighted by atomic mass is 10.0. The van der Waals surface area contributed by atoms with Crippen molar-refractivity contribution in [3.05, 3.63) is 53.9 Å². The van der Waals surface area contributed by atoms with Crippen LogP contribution in [0.2, 0.25) is 0 Å². The van der Waals surface area contributed by atoms with E-state index in [4.69, 9.17) is 0 Å². The van der Waals surface area contributed by atoms with Gasteiger partial charge in [-0.15, -0.1) is 0 Å². The highest BCUT2D eigenvalue weighted by Gasteiger charge is 2.33. The number of piperazine rings is 1. The predicted molar refractivity (Wildman–Crippen MR) is 125 cm³/mol. The van der Waals surface area contributed by atoms with Crippen LogP contribution in [0.1, 0.15) is 31.0 Å². The number of H-pyrrole nitrogens is 1. The summed E-state index contributed by atoms with van der Waals surface area (Å²) in [6.45, 7) is 5.78. The summed E-state index contributed by atoms with van der Waals surface area (Å²) in [7, 11) is 0. The summed E-state index contributed by atoms with van der Waals surface area (Å²) in [6, 6.07) is 10.3. The number of aromatic nitrogens is 2. The zero-order valence-electron chi connectivity index (χ0n) is 18.6. The number of fused-ring (bicyclic) bond motifs is 1. The molecular formula is C24H26N6O3. The third-order valence-electron chi connectivity index (χ3n) is 5.92. The summed E-state index contributed by atoms with van der Waals surface area (Å²) < 4.78 is 0. The lowest BCUT2D eigenvalue weighted by Crippen LogP contribution is -2.49. The zero-order valence-corrected chi connectivity index (χ0v) is 18.6. The van der Waals surface area contributed by atoms with Gasteiger partial charge in [0.15, 0.2) is 0 Å². The number of nitrogens with one attached hydrogen (secondary N) is 2. The monoisotopic (exact) mass is 446 g/mol. The Bertz CT molecular complexity index is 1220. The van der Waals surface area contributed by atoms with Crippen molar-refractivity contribution in [3.8, 4) is 6.07 Å². The van der Waals surface area contributed by atoms with E-state index >= 15 is 0 Å². The predicted octanol–water partition coefficient (Wildman–Crippen LogP) is 2.98. The van der Waals surface area contributed by atoms with E-state index in [-0.39, 0.29) is 11.8 Å². The van der Waals surface area contributed by atoms with E-state index < -0.39 is 12.0 Å². The Balaban J connectivity index is 1.57. The number of hydrogen-bond acceptors (Lipinski definition) is 6. The van der Waals surface area contributed by atoms with Gasteiger partial charge in [0.05, 0.1) is 5.56 Å². The van der Waals surface area contributed by atoms with Crippen LogP contribution in [0, 0.1) is 17.2 Å². The van der Waals surface area contributed by atoms with Crippen LogP contribution < -0.4 is 10.2 Å². The summed E-state index contributed by atoms with van der Waals surface area (Å²) in [5.74, 6) is -0.556. The number of nitrogens with zero attached hydrogens (tertiary/aromatic N) is 4. The number of pyridine rings is 1. The molecule has 0 unspecified atom stereocenters.